The predicted molar refractivity (Wildman–Crippen MR) is 136 cm³/mol. The van der Waals surface area contributed by atoms with Crippen LogP contribution in [-0.2, 0) is 4.79 Å². The SMILES string of the molecule is N#C/C(=C1/Nc2ccccc2O1)c1ccnc(NCCCC(=O)N2CCN(c3ccccn3)CC2)n1. The van der Waals surface area contributed by atoms with E-state index in [2.05, 4.69) is 36.6 Å². The van der Waals surface area contributed by atoms with Crippen LogP contribution in [0.1, 0.15) is 18.5 Å². The summed E-state index contributed by atoms with van der Waals surface area (Å²) in [6, 6.07) is 17.2. The van der Waals surface area contributed by atoms with E-state index in [9.17, 15) is 10.1 Å². The summed E-state index contributed by atoms with van der Waals surface area (Å²) in [6.45, 7) is 3.49. The molecule has 2 aliphatic rings. The van der Waals surface area contributed by atoms with E-state index in [-0.39, 0.29) is 11.5 Å². The molecule has 2 aliphatic heterocycles. The summed E-state index contributed by atoms with van der Waals surface area (Å²) in [5, 5.41) is 16.0. The molecule has 5 rings (SSSR count). The van der Waals surface area contributed by atoms with Gasteiger partial charge in [-0.1, -0.05) is 18.2 Å². The Labute approximate surface area is 209 Å². The van der Waals surface area contributed by atoms with Crippen molar-refractivity contribution in [3.63, 3.8) is 0 Å². The number of piperazine rings is 1. The Hall–Kier alpha value is -4.65. The quantitative estimate of drug-likeness (QED) is 0.387. The monoisotopic (exact) mass is 482 g/mol. The van der Waals surface area contributed by atoms with Gasteiger partial charge >= 0.3 is 0 Å². The second kappa shape index (κ2) is 10.7. The molecule has 0 aliphatic carbocycles. The van der Waals surface area contributed by atoms with Crippen molar-refractivity contribution in [1.82, 2.24) is 19.9 Å². The van der Waals surface area contributed by atoms with Crippen LogP contribution >= 0.6 is 0 Å². The molecule has 0 radical (unpaired) electrons. The molecule has 0 saturated carbocycles. The second-order valence-corrected chi connectivity index (χ2v) is 8.39. The molecule has 1 amide bonds. The van der Waals surface area contributed by atoms with Crippen molar-refractivity contribution >= 4 is 28.9 Å². The molecule has 182 valence electrons. The fraction of sp³-hybridized carbons (Fsp3) is 0.269. The van der Waals surface area contributed by atoms with E-state index >= 15 is 0 Å². The fourth-order valence-corrected chi connectivity index (χ4v) is 4.16. The average molecular weight is 483 g/mol. The number of nitriles is 1. The van der Waals surface area contributed by atoms with Crippen LogP contribution in [0.2, 0.25) is 0 Å². The zero-order valence-electron chi connectivity index (χ0n) is 19.7. The van der Waals surface area contributed by atoms with E-state index in [4.69, 9.17) is 4.74 Å². The van der Waals surface area contributed by atoms with Crippen LogP contribution in [0.3, 0.4) is 0 Å². The van der Waals surface area contributed by atoms with Crippen molar-refractivity contribution in [1.29, 1.82) is 5.26 Å². The van der Waals surface area contributed by atoms with Crippen LogP contribution in [0.4, 0.5) is 17.5 Å². The maximum atomic E-state index is 12.6. The van der Waals surface area contributed by atoms with E-state index in [0.717, 1.165) is 24.6 Å². The number of ether oxygens (including phenoxy) is 1. The number of fused-ring (bicyclic) bond motifs is 1. The molecule has 2 N–H and O–H groups in total. The molecule has 1 saturated heterocycles. The van der Waals surface area contributed by atoms with Gasteiger partial charge in [0.25, 0.3) is 0 Å². The minimum absolute atomic E-state index is 0.146. The van der Waals surface area contributed by atoms with Gasteiger partial charge in [0, 0.05) is 51.5 Å². The number of benzene rings is 1. The number of hydrogen-bond donors (Lipinski definition) is 2. The third-order valence-corrected chi connectivity index (χ3v) is 6.05. The first kappa shape index (κ1) is 23.1. The smallest absolute Gasteiger partial charge is 0.223 e. The van der Waals surface area contributed by atoms with Crippen molar-refractivity contribution < 1.29 is 9.53 Å². The minimum Gasteiger partial charge on any atom is -0.437 e. The van der Waals surface area contributed by atoms with Gasteiger partial charge in [0.2, 0.25) is 17.7 Å². The van der Waals surface area contributed by atoms with Crippen molar-refractivity contribution in [2.75, 3.05) is 48.3 Å². The van der Waals surface area contributed by atoms with Gasteiger partial charge in [0.15, 0.2) is 5.75 Å². The molecule has 0 spiro atoms. The van der Waals surface area contributed by atoms with Gasteiger partial charge in [-0.3, -0.25) is 4.79 Å². The first-order chi connectivity index (χ1) is 17.7. The zero-order chi connectivity index (χ0) is 24.7. The van der Waals surface area contributed by atoms with Crippen molar-refractivity contribution in [2.45, 2.75) is 12.8 Å². The maximum absolute atomic E-state index is 12.6. The van der Waals surface area contributed by atoms with E-state index in [1.807, 2.05) is 47.4 Å². The van der Waals surface area contributed by atoms with Crippen LogP contribution in [0.15, 0.2) is 66.8 Å². The normalized spacial score (nSPS) is 15.9. The number of rotatable bonds is 7. The molecular weight excluding hydrogens is 456 g/mol. The summed E-state index contributed by atoms with van der Waals surface area (Å²) in [4.78, 5) is 29.9. The van der Waals surface area contributed by atoms with Crippen molar-refractivity contribution in [2.24, 2.45) is 0 Å². The topological polar surface area (TPSA) is 119 Å². The number of nitrogens with zero attached hydrogens (tertiary/aromatic N) is 6. The number of hydrogen-bond acceptors (Lipinski definition) is 9. The van der Waals surface area contributed by atoms with E-state index in [1.165, 1.54) is 0 Å². The van der Waals surface area contributed by atoms with Gasteiger partial charge in [-0.15, -0.1) is 0 Å². The van der Waals surface area contributed by atoms with Gasteiger partial charge in [-0.05, 0) is 36.8 Å². The highest BCUT2D eigenvalue weighted by Crippen LogP contribution is 2.35. The van der Waals surface area contributed by atoms with Crippen LogP contribution in [-0.4, -0.2) is 58.5 Å². The summed E-state index contributed by atoms with van der Waals surface area (Å²) in [5.74, 6) is 2.50. The van der Waals surface area contributed by atoms with Crippen LogP contribution < -0.4 is 20.3 Å². The third kappa shape index (κ3) is 5.20. The van der Waals surface area contributed by atoms with E-state index in [0.29, 0.717) is 55.8 Å². The number of allylic oxidation sites excluding steroid dienone is 1. The summed E-state index contributed by atoms with van der Waals surface area (Å²) in [6.07, 6.45) is 4.48. The highest BCUT2D eigenvalue weighted by molar-refractivity contribution is 5.82. The molecular formula is C26H26N8O2. The molecule has 10 heteroatoms. The van der Waals surface area contributed by atoms with Crippen LogP contribution in [0.25, 0.3) is 5.57 Å². The van der Waals surface area contributed by atoms with E-state index < -0.39 is 0 Å². The second-order valence-electron chi connectivity index (χ2n) is 8.39. The Morgan fingerprint density at radius 3 is 2.67 bits per heavy atom. The lowest BCUT2D eigenvalue weighted by Gasteiger charge is -2.35. The molecule has 2 aromatic heterocycles. The summed E-state index contributed by atoms with van der Waals surface area (Å²) in [5.41, 5.74) is 1.54. The Bertz CT molecular complexity index is 1270. The molecule has 4 heterocycles. The Morgan fingerprint density at radius 2 is 1.89 bits per heavy atom. The number of carbonyl (C=O) groups is 1. The van der Waals surface area contributed by atoms with Gasteiger partial charge < -0.3 is 25.2 Å². The highest BCUT2D eigenvalue weighted by atomic mass is 16.5. The number of amides is 1. The van der Waals surface area contributed by atoms with Gasteiger partial charge in [0.05, 0.1) is 11.4 Å². The number of carbonyl (C=O) groups excluding carboxylic acids is 1. The largest absolute Gasteiger partial charge is 0.437 e. The standard InChI is InChI=1S/C26H26N8O2/c27-18-19(25-31-21-6-1-2-7-22(21)36-25)20-10-13-30-26(32-20)29-12-5-9-24(35)34-16-14-33(15-17-34)23-8-3-4-11-28-23/h1-4,6-8,10-11,13,31H,5,9,12,14-17H2,(H,29,30,32)/b25-19+. The lowest BCUT2D eigenvalue weighted by atomic mass is 10.2. The first-order valence-corrected chi connectivity index (χ1v) is 11.9. The van der Waals surface area contributed by atoms with Crippen LogP contribution in [0, 0.1) is 11.3 Å². The summed E-state index contributed by atoms with van der Waals surface area (Å²) in [7, 11) is 0. The van der Waals surface area contributed by atoms with Gasteiger partial charge in [0.1, 0.15) is 17.5 Å². The maximum Gasteiger partial charge on any atom is 0.223 e. The molecule has 1 aromatic carbocycles. The molecule has 1 fully saturated rings. The van der Waals surface area contributed by atoms with Crippen LogP contribution in [0.5, 0.6) is 5.75 Å². The average Bonchev–Trinajstić information content (AvgIpc) is 3.36. The van der Waals surface area contributed by atoms with E-state index in [1.54, 1.807) is 18.5 Å². The fourth-order valence-electron chi connectivity index (χ4n) is 4.16. The predicted octanol–water partition coefficient (Wildman–Crippen LogP) is 3.11. The Kier molecular flexibility index (Phi) is 6.89. The number of anilines is 3. The lowest BCUT2D eigenvalue weighted by Crippen LogP contribution is -2.49. The van der Waals surface area contributed by atoms with Gasteiger partial charge in [-0.2, -0.15) is 5.26 Å². The molecule has 3 aromatic rings. The number of aromatic nitrogens is 3. The molecule has 0 atom stereocenters. The zero-order valence-corrected chi connectivity index (χ0v) is 19.7. The number of nitrogens with one attached hydrogen (secondary N) is 2. The molecule has 36 heavy (non-hydrogen) atoms. The lowest BCUT2D eigenvalue weighted by molar-refractivity contribution is -0.131. The molecule has 0 bridgehead atoms. The summed E-state index contributed by atoms with van der Waals surface area (Å²) >= 11 is 0. The van der Waals surface area contributed by atoms with Crippen molar-refractivity contribution in [3.8, 4) is 11.8 Å². The Balaban J connectivity index is 1.10. The number of para-hydroxylation sites is 2. The summed E-state index contributed by atoms with van der Waals surface area (Å²) < 4.78 is 5.79. The van der Waals surface area contributed by atoms with Gasteiger partial charge in [-0.25, -0.2) is 15.0 Å². The molecule has 10 nitrogen and oxygen atoms in total. The Morgan fingerprint density at radius 1 is 1.06 bits per heavy atom. The molecule has 0 unspecified atom stereocenters. The van der Waals surface area contributed by atoms with Crippen molar-refractivity contribution in [3.05, 3.63) is 72.5 Å². The highest BCUT2D eigenvalue weighted by Gasteiger charge is 2.23. The first-order valence-electron chi connectivity index (χ1n) is 11.9. The minimum atomic E-state index is 0.146. The number of pyridine rings is 1. The third-order valence-electron chi connectivity index (χ3n) is 6.05.